The second-order valence-electron chi connectivity index (χ2n) is 6.28. The van der Waals surface area contributed by atoms with E-state index in [-0.39, 0.29) is 12.1 Å². The van der Waals surface area contributed by atoms with Crippen molar-refractivity contribution in [1.82, 2.24) is 4.90 Å². The van der Waals surface area contributed by atoms with Crippen molar-refractivity contribution in [1.29, 1.82) is 0 Å². The Kier molecular flexibility index (Phi) is 6.29. The molecule has 2 unspecified atom stereocenters. The van der Waals surface area contributed by atoms with Crippen molar-refractivity contribution in [2.75, 3.05) is 13.1 Å². The zero-order valence-electron chi connectivity index (χ0n) is 13.0. The minimum Gasteiger partial charge on any atom is -0.392 e. The molecule has 22 heavy (non-hydrogen) atoms. The zero-order valence-corrected chi connectivity index (χ0v) is 13.0. The van der Waals surface area contributed by atoms with Crippen LogP contribution in [0.3, 0.4) is 0 Å². The summed E-state index contributed by atoms with van der Waals surface area (Å²) in [5.74, 6) is -1.38. The Morgan fingerprint density at radius 3 is 2.41 bits per heavy atom. The van der Waals surface area contributed by atoms with Gasteiger partial charge in [0, 0.05) is 30.8 Å². The van der Waals surface area contributed by atoms with E-state index in [1.54, 1.807) is 6.92 Å². The molecule has 0 bridgehead atoms. The molecule has 0 spiro atoms. The highest BCUT2D eigenvalue weighted by Gasteiger charge is 2.25. The van der Waals surface area contributed by atoms with Crippen molar-refractivity contribution in [2.45, 2.75) is 57.3 Å². The van der Waals surface area contributed by atoms with Crippen LogP contribution < -0.4 is 0 Å². The molecule has 1 saturated carbocycles. The predicted molar refractivity (Wildman–Crippen MR) is 81.4 cm³/mol. The van der Waals surface area contributed by atoms with E-state index < -0.39 is 23.8 Å². The Bertz CT molecular complexity index is 476. The van der Waals surface area contributed by atoms with E-state index in [0.29, 0.717) is 12.6 Å². The highest BCUT2D eigenvalue weighted by Crippen LogP contribution is 2.26. The first-order chi connectivity index (χ1) is 10.5. The maximum atomic E-state index is 13.8. The molecule has 0 aromatic heterocycles. The largest absolute Gasteiger partial charge is 0.392 e. The summed E-state index contributed by atoms with van der Waals surface area (Å²) in [4.78, 5) is 2.04. The van der Waals surface area contributed by atoms with E-state index in [0.717, 1.165) is 37.8 Å². The Labute approximate surface area is 130 Å². The van der Waals surface area contributed by atoms with Crippen molar-refractivity contribution >= 4 is 0 Å². The van der Waals surface area contributed by atoms with Gasteiger partial charge in [-0.05, 0) is 25.8 Å². The monoisotopic (exact) mass is 313 g/mol. The third kappa shape index (κ3) is 4.73. The third-order valence-electron chi connectivity index (χ3n) is 4.32. The second kappa shape index (κ2) is 7.99. The summed E-state index contributed by atoms with van der Waals surface area (Å²) in [6.07, 6.45) is 4.03. The van der Waals surface area contributed by atoms with Gasteiger partial charge in [0.1, 0.15) is 11.6 Å². The molecule has 1 aromatic carbocycles. The van der Waals surface area contributed by atoms with Crippen LogP contribution in [0.5, 0.6) is 0 Å². The first-order valence-corrected chi connectivity index (χ1v) is 8.02. The molecular formula is C17H25F2NO2. The van der Waals surface area contributed by atoms with Gasteiger partial charge in [0.05, 0.1) is 12.2 Å². The lowest BCUT2D eigenvalue weighted by atomic mass is 9.93. The van der Waals surface area contributed by atoms with E-state index in [4.69, 9.17) is 0 Å². The van der Waals surface area contributed by atoms with E-state index in [1.807, 2.05) is 4.90 Å². The van der Waals surface area contributed by atoms with Gasteiger partial charge in [0.15, 0.2) is 0 Å². The highest BCUT2D eigenvalue weighted by molar-refractivity contribution is 5.21. The van der Waals surface area contributed by atoms with Gasteiger partial charge in [0.25, 0.3) is 0 Å². The first-order valence-electron chi connectivity index (χ1n) is 8.02. The van der Waals surface area contributed by atoms with Crippen LogP contribution in [0.2, 0.25) is 0 Å². The van der Waals surface area contributed by atoms with Gasteiger partial charge in [0.2, 0.25) is 0 Å². The zero-order chi connectivity index (χ0) is 16.1. The van der Waals surface area contributed by atoms with E-state index in [1.165, 1.54) is 12.5 Å². The van der Waals surface area contributed by atoms with Gasteiger partial charge >= 0.3 is 0 Å². The van der Waals surface area contributed by atoms with Crippen molar-refractivity contribution in [3.8, 4) is 0 Å². The summed E-state index contributed by atoms with van der Waals surface area (Å²) in [5.41, 5.74) is 0.104. The van der Waals surface area contributed by atoms with Gasteiger partial charge in [-0.15, -0.1) is 0 Å². The summed E-state index contributed by atoms with van der Waals surface area (Å²) < 4.78 is 26.8. The summed E-state index contributed by atoms with van der Waals surface area (Å²) in [6, 6.07) is 3.54. The average Bonchev–Trinajstić information content (AvgIpc) is 2.46. The number of benzene rings is 1. The van der Waals surface area contributed by atoms with Gasteiger partial charge < -0.3 is 10.2 Å². The normalized spacial score (nSPS) is 19.4. The molecule has 1 aliphatic rings. The minimum atomic E-state index is -1.03. The molecule has 2 rings (SSSR count). The first kappa shape index (κ1) is 17.3. The second-order valence-corrected chi connectivity index (χ2v) is 6.28. The van der Waals surface area contributed by atoms with Crippen LogP contribution in [0.4, 0.5) is 8.78 Å². The maximum absolute atomic E-state index is 13.8. The number of hydrogen-bond donors (Lipinski definition) is 2. The van der Waals surface area contributed by atoms with Crippen LogP contribution in [0, 0.1) is 11.6 Å². The summed E-state index contributed by atoms with van der Waals surface area (Å²) in [6.45, 7) is 2.41. The Hall–Kier alpha value is -1.04. The van der Waals surface area contributed by atoms with Crippen LogP contribution in [0.25, 0.3) is 0 Å². The summed E-state index contributed by atoms with van der Waals surface area (Å²) in [5, 5.41) is 20.0. The van der Waals surface area contributed by atoms with Crippen molar-refractivity contribution in [3.63, 3.8) is 0 Å². The van der Waals surface area contributed by atoms with Crippen LogP contribution in [-0.2, 0) is 0 Å². The van der Waals surface area contributed by atoms with Gasteiger partial charge in [-0.25, -0.2) is 8.78 Å². The molecule has 1 aliphatic carbocycles. The maximum Gasteiger partial charge on any atom is 0.131 e. The number of aliphatic hydroxyl groups is 2. The molecule has 0 saturated heterocycles. The number of rotatable bonds is 6. The molecule has 0 heterocycles. The van der Waals surface area contributed by atoms with Crippen molar-refractivity contribution in [3.05, 3.63) is 35.4 Å². The lowest BCUT2D eigenvalue weighted by Gasteiger charge is -2.36. The smallest absolute Gasteiger partial charge is 0.131 e. The highest BCUT2D eigenvalue weighted by atomic mass is 19.1. The molecule has 0 radical (unpaired) electrons. The molecule has 1 aromatic rings. The average molecular weight is 313 g/mol. The lowest BCUT2D eigenvalue weighted by Crippen LogP contribution is -2.43. The molecule has 124 valence electrons. The number of aliphatic hydroxyl groups excluding tert-OH is 2. The third-order valence-corrected chi connectivity index (χ3v) is 4.32. The fourth-order valence-electron chi connectivity index (χ4n) is 3.25. The van der Waals surface area contributed by atoms with Crippen LogP contribution in [-0.4, -0.2) is 40.3 Å². The fourth-order valence-corrected chi connectivity index (χ4v) is 3.25. The number of nitrogens with zero attached hydrogens (tertiary/aromatic N) is 1. The standard InChI is InChI=1S/C17H25F2NO2/c1-12(21)10-20(14-5-3-2-4-6-14)11-17(22)15-8-7-13(18)9-16(15)19/h7-9,12,14,17,21-22H,2-6,10-11H2,1H3. The molecule has 2 N–H and O–H groups in total. The van der Waals surface area contributed by atoms with Crippen molar-refractivity contribution in [2.24, 2.45) is 0 Å². The Morgan fingerprint density at radius 2 is 1.82 bits per heavy atom. The van der Waals surface area contributed by atoms with Gasteiger partial charge in [-0.1, -0.05) is 25.3 Å². The van der Waals surface area contributed by atoms with Crippen LogP contribution >= 0.6 is 0 Å². The van der Waals surface area contributed by atoms with E-state index in [2.05, 4.69) is 0 Å². The fraction of sp³-hybridized carbons (Fsp3) is 0.647. The lowest BCUT2D eigenvalue weighted by molar-refractivity contribution is 0.0381. The number of halogens is 2. The van der Waals surface area contributed by atoms with Gasteiger partial charge in [-0.3, -0.25) is 4.90 Å². The van der Waals surface area contributed by atoms with Crippen LogP contribution in [0.1, 0.15) is 50.7 Å². The molecule has 1 fully saturated rings. The summed E-state index contributed by atoms with van der Waals surface area (Å²) >= 11 is 0. The SMILES string of the molecule is CC(O)CN(CC(O)c1ccc(F)cc1F)C1CCCCC1. The summed E-state index contributed by atoms with van der Waals surface area (Å²) in [7, 11) is 0. The molecule has 0 aliphatic heterocycles. The number of hydrogen-bond acceptors (Lipinski definition) is 3. The van der Waals surface area contributed by atoms with Crippen LogP contribution in [0.15, 0.2) is 18.2 Å². The topological polar surface area (TPSA) is 43.7 Å². The molecule has 2 atom stereocenters. The molecule has 3 nitrogen and oxygen atoms in total. The van der Waals surface area contributed by atoms with Crippen molar-refractivity contribution < 1.29 is 19.0 Å². The molecule has 0 amide bonds. The minimum absolute atomic E-state index is 0.104. The van der Waals surface area contributed by atoms with Gasteiger partial charge in [-0.2, -0.15) is 0 Å². The predicted octanol–water partition coefficient (Wildman–Crippen LogP) is 3.01. The Balaban J connectivity index is 2.07. The molecule has 5 heteroatoms. The van der Waals surface area contributed by atoms with E-state index in [9.17, 15) is 19.0 Å². The molecular weight excluding hydrogens is 288 g/mol. The quantitative estimate of drug-likeness (QED) is 0.848. The van der Waals surface area contributed by atoms with E-state index >= 15 is 0 Å². The Morgan fingerprint density at radius 1 is 1.14 bits per heavy atom.